The molecule has 1 N–H and O–H groups in total. The number of hydrogen-bond acceptors (Lipinski definition) is 5. The highest BCUT2D eigenvalue weighted by molar-refractivity contribution is 5.98. The highest BCUT2D eigenvalue weighted by atomic mass is 19.4. The Morgan fingerprint density at radius 1 is 1.31 bits per heavy atom. The van der Waals surface area contributed by atoms with E-state index >= 15 is 0 Å². The van der Waals surface area contributed by atoms with E-state index in [1.807, 2.05) is 6.07 Å². The highest BCUT2D eigenvalue weighted by Crippen LogP contribution is 2.40. The Labute approximate surface area is 163 Å². The van der Waals surface area contributed by atoms with Gasteiger partial charge in [-0.15, -0.1) is 0 Å². The maximum absolute atomic E-state index is 13.3. The number of pyridine rings is 1. The smallest absolute Gasteiger partial charge is 0.339 e. The molecule has 29 heavy (non-hydrogen) atoms. The van der Waals surface area contributed by atoms with Crippen molar-refractivity contribution in [1.29, 1.82) is 5.26 Å². The van der Waals surface area contributed by atoms with Crippen molar-refractivity contribution < 1.29 is 18.0 Å². The van der Waals surface area contributed by atoms with E-state index in [0.717, 1.165) is 0 Å². The third-order valence-electron chi connectivity index (χ3n) is 4.77. The Morgan fingerprint density at radius 3 is 2.72 bits per heavy atom. The van der Waals surface area contributed by atoms with Gasteiger partial charge in [0.25, 0.3) is 5.91 Å². The van der Waals surface area contributed by atoms with E-state index in [4.69, 9.17) is 5.26 Å². The van der Waals surface area contributed by atoms with Gasteiger partial charge in [-0.2, -0.15) is 18.4 Å². The lowest BCUT2D eigenvalue weighted by Gasteiger charge is -2.20. The number of alkyl halides is 3. The highest BCUT2D eigenvalue weighted by Gasteiger charge is 2.50. The molecular weight excluding hydrogens is 385 g/mol. The van der Waals surface area contributed by atoms with Gasteiger partial charge in [-0.25, -0.2) is 15.0 Å². The molecule has 1 atom stereocenters. The quantitative estimate of drug-likeness (QED) is 0.726. The van der Waals surface area contributed by atoms with Crippen molar-refractivity contribution in [1.82, 2.24) is 24.7 Å². The van der Waals surface area contributed by atoms with Crippen LogP contribution in [0.4, 0.5) is 13.2 Å². The third kappa shape index (κ3) is 3.63. The second kappa shape index (κ2) is 6.84. The number of amides is 1. The Kier molecular flexibility index (Phi) is 4.45. The number of hydrogen-bond donors (Lipinski definition) is 1. The van der Waals surface area contributed by atoms with Crippen molar-refractivity contribution in [3.8, 4) is 17.5 Å². The molecule has 4 rings (SSSR count). The van der Waals surface area contributed by atoms with Crippen molar-refractivity contribution in [2.45, 2.75) is 32.0 Å². The van der Waals surface area contributed by atoms with Gasteiger partial charge in [0, 0.05) is 5.69 Å². The Bertz CT molecular complexity index is 1140. The van der Waals surface area contributed by atoms with Gasteiger partial charge in [0.2, 0.25) is 0 Å². The lowest BCUT2D eigenvalue weighted by molar-refractivity contribution is -0.158. The van der Waals surface area contributed by atoms with Crippen LogP contribution in [0.3, 0.4) is 0 Å². The number of halogens is 3. The first-order chi connectivity index (χ1) is 13.8. The molecule has 1 fully saturated rings. The molecule has 0 spiro atoms. The lowest BCUT2D eigenvalue weighted by atomic mass is 10.1. The van der Waals surface area contributed by atoms with Crippen LogP contribution >= 0.6 is 0 Å². The zero-order chi connectivity index (χ0) is 20.8. The SMILES string of the molecule is Cc1cc(-c2cccc(C#N)n2)nc2c(C(=O)NC(C3CC3)C(F)(F)F)ncn12. The summed E-state index contributed by atoms with van der Waals surface area (Å²) in [4.78, 5) is 25.1. The summed E-state index contributed by atoms with van der Waals surface area (Å²) >= 11 is 0. The molecule has 0 aromatic carbocycles. The predicted octanol–water partition coefficient (Wildman–Crippen LogP) is 3.04. The lowest BCUT2D eigenvalue weighted by Crippen LogP contribution is -2.47. The van der Waals surface area contributed by atoms with Crippen LogP contribution in [0.2, 0.25) is 0 Å². The summed E-state index contributed by atoms with van der Waals surface area (Å²) in [7, 11) is 0. The number of nitrogens with one attached hydrogen (secondary N) is 1. The van der Waals surface area contributed by atoms with Gasteiger partial charge in [-0.3, -0.25) is 9.20 Å². The molecule has 0 radical (unpaired) electrons. The number of nitrogens with zero attached hydrogens (tertiary/aromatic N) is 5. The summed E-state index contributed by atoms with van der Waals surface area (Å²) in [5, 5.41) is 11.1. The van der Waals surface area contributed by atoms with Crippen molar-refractivity contribution in [2.24, 2.45) is 5.92 Å². The zero-order valence-electron chi connectivity index (χ0n) is 15.2. The fourth-order valence-corrected chi connectivity index (χ4v) is 3.16. The number of carbonyl (C=O) groups is 1. The minimum Gasteiger partial charge on any atom is -0.339 e. The molecular formula is C19H15F3N6O. The summed E-state index contributed by atoms with van der Waals surface area (Å²) in [5.74, 6) is -1.53. The summed E-state index contributed by atoms with van der Waals surface area (Å²) in [6, 6.07) is 6.58. The minimum absolute atomic E-state index is 0.124. The number of aryl methyl sites for hydroxylation is 1. The Balaban J connectivity index is 1.73. The second-order valence-corrected chi connectivity index (χ2v) is 6.92. The van der Waals surface area contributed by atoms with Crippen LogP contribution in [0.1, 0.15) is 34.7 Å². The molecule has 3 aromatic rings. The van der Waals surface area contributed by atoms with Crippen LogP contribution in [-0.2, 0) is 0 Å². The van der Waals surface area contributed by atoms with Crippen LogP contribution in [0, 0.1) is 24.2 Å². The zero-order valence-corrected chi connectivity index (χ0v) is 15.2. The Morgan fingerprint density at radius 2 is 2.07 bits per heavy atom. The van der Waals surface area contributed by atoms with Crippen LogP contribution in [0.5, 0.6) is 0 Å². The topological polar surface area (TPSA) is 96.0 Å². The van der Waals surface area contributed by atoms with Crippen molar-refractivity contribution in [3.05, 3.63) is 47.7 Å². The van der Waals surface area contributed by atoms with Gasteiger partial charge in [-0.1, -0.05) is 6.07 Å². The summed E-state index contributed by atoms with van der Waals surface area (Å²) in [5.41, 5.74) is 1.59. The molecule has 7 nitrogen and oxygen atoms in total. The van der Waals surface area contributed by atoms with E-state index in [1.165, 1.54) is 10.7 Å². The van der Waals surface area contributed by atoms with E-state index in [2.05, 4.69) is 20.3 Å². The molecule has 3 aromatic heterocycles. The molecule has 0 aliphatic heterocycles. The number of nitriles is 1. The fourth-order valence-electron chi connectivity index (χ4n) is 3.16. The summed E-state index contributed by atoms with van der Waals surface area (Å²) in [6.45, 7) is 1.75. The number of aromatic nitrogens is 4. The van der Waals surface area contributed by atoms with E-state index < -0.39 is 24.0 Å². The number of carbonyl (C=O) groups excluding carboxylic acids is 1. The van der Waals surface area contributed by atoms with Crippen molar-refractivity contribution in [2.75, 3.05) is 0 Å². The first-order valence-corrected chi connectivity index (χ1v) is 8.87. The monoisotopic (exact) mass is 400 g/mol. The molecule has 3 heterocycles. The first-order valence-electron chi connectivity index (χ1n) is 8.87. The van der Waals surface area contributed by atoms with E-state index in [9.17, 15) is 18.0 Å². The molecule has 1 aliphatic rings. The number of fused-ring (bicyclic) bond motifs is 1. The molecule has 1 unspecified atom stereocenters. The average molecular weight is 400 g/mol. The second-order valence-electron chi connectivity index (χ2n) is 6.92. The van der Waals surface area contributed by atoms with Crippen LogP contribution in [-0.4, -0.2) is 37.5 Å². The minimum atomic E-state index is -4.53. The van der Waals surface area contributed by atoms with E-state index in [1.54, 1.807) is 31.2 Å². The Hall–Kier alpha value is -3.48. The standard InChI is InChI=1S/C19H15F3N6O/c1-10-7-14(13-4-2-3-12(8-23)25-13)26-17-15(24-9-28(10)17)18(29)27-16(11-5-6-11)19(20,21)22/h2-4,7,9,11,16H,5-6H2,1H3,(H,27,29). The predicted molar refractivity (Wildman–Crippen MR) is 95.7 cm³/mol. The third-order valence-corrected chi connectivity index (χ3v) is 4.77. The van der Waals surface area contributed by atoms with Crippen LogP contribution < -0.4 is 5.32 Å². The number of imidazole rings is 1. The van der Waals surface area contributed by atoms with Gasteiger partial charge in [0.1, 0.15) is 24.1 Å². The maximum atomic E-state index is 13.3. The molecule has 148 valence electrons. The van der Waals surface area contributed by atoms with Gasteiger partial charge >= 0.3 is 6.18 Å². The van der Waals surface area contributed by atoms with E-state index in [-0.39, 0.29) is 17.0 Å². The van der Waals surface area contributed by atoms with Crippen LogP contribution in [0.25, 0.3) is 17.0 Å². The molecule has 0 saturated heterocycles. The van der Waals surface area contributed by atoms with Crippen molar-refractivity contribution in [3.63, 3.8) is 0 Å². The van der Waals surface area contributed by atoms with Gasteiger partial charge in [0.05, 0.1) is 11.4 Å². The summed E-state index contributed by atoms with van der Waals surface area (Å²) in [6.07, 6.45) is -2.33. The van der Waals surface area contributed by atoms with Gasteiger partial charge in [-0.05, 0) is 43.9 Å². The number of rotatable bonds is 4. The molecule has 10 heteroatoms. The first kappa shape index (κ1) is 18.9. The van der Waals surface area contributed by atoms with E-state index in [0.29, 0.717) is 29.9 Å². The molecule has 1 amide bonds. The van der Waals surface area contributed by atoms with Crippen molar-refractivity contribution >= 4 is 11.6 Å². The average Bonchev–Trinajstić information content (AvgIpc) is 3.42. The largest absolute Gasteiger partial charge is 0.408 e. The fraction of sp³-hybridized carbons (Fsp3) is 0.316. The maximum Gasteiger partial charge on any atom is 0.408 e. The van der Waals surface area contributed by atoms with Crippen LogP contribution in [0.15, 0.2) is 30.6 Å². The van der Waals surface area contributed by atoms with Gasteiger partial charge in [0.15, 0.2) is 11.3 Å². The molecule has 1 aliphatic carbocycles. The molecule has 1 saturated carbocycles. The molecule has 0 bridgehead atoms. The summed E-state index contributed by atoms with van der Waals surface area (Å²) < 4.78 is 41.3. The normalized spacial score (nSPS) is 15.1. The van der Waals surface area contributed by atoms with Gasteiger partial charge < -0.3 is 5.32 Å².